The molecule has 1 heterocycles. The number of carbonyl (C=O) groups is 2. The van der Waals surface area contributed by atoms with Gasteiger partial charge >= 0.3 is 0 Å². The van der Waals surface area contributed by atoms with Crippen LogP contribution in [0.3, 0.4) is 0 Å². The van der Waals surface area contributed by atoms with E-state index in [-0.39, 0.29) is 17.9 Å². The van der Waals surface area contributed by atoms with Crippen LogP contribution in [0.5, 0.6) is 11.5 Å². The Labute approximate surface area is 181 Å². The van der Waals surface area contributed by atoms with Gasteiger partial charge in [0.05, 0.1) is 26.2 Å². The maximum absolute atomic E-state index is 13.4. The van der Waals surface area contributed by atoms with E-state index >= 15 is 0 Å². The lowest BCUT2D eigenvalue weighted by molar-refractivity contribution is -0.124. The van der Waals surface area contributed by atoms with Gasteiger partial charge in [-0.1, -0.05) is 12.1 Å². The first-order chi connectivity index (χ1) is 14.3. The summed E-state index contributed by atoms with van der Waals surface area (Å²) >= 11 is 1.65. The van der Waals surface area contributed by atoms with E-state index < -0.39 is 12.0 Å². The third-order valence-electron chi connectivity index (χ3n) is 5.35. The van der Waals surface area contributed by atoms with Crippen LogP contribution in [0.1, 0.15) is 47.3 Å². The van der Waals surface area contributed by atoms with Gasteiger partial charge in [-0.2, -0.15) is 0 Å². The lowest BCUT2D eigenvalue weighted by atomic mass is 9.79. The molecule has 0 saturated carbocycles. The van der Waals surface area contributed by atoms with Crippen molar-refractivity contribution < 1.29 is 19.1 Å². The lowest BCUT2D eigenvalue weighted by Gasteiger charge is -2.40. The molecule has 160 valence electrons. The number of benzene rings is 2. The van der Waals surface area contributed by atoms with Crippen molar-refractivity contribution >= 4 is 23.6 Å². The van der Waals surface area contributed by atoms with Gasteiger partial charge in [0.15, 0.2) is 11.5 Å². The highest BCUT2D eigenvalue weighted by molar-refractivity contribution is 7.98. The number of thioether (sulfide) groups is 1. The van der Waals surface area contributed by atoms with Gasteiger partial charge < -0.3 is 19.7 Å². The molecule has 7 heteroatoms. The zero-order chi connectivity index (χ0) is 22.0. The molecule has 30 heavy (non-hydrogen) atoms. The van der Waals surface area contributed by atoms with Crippen molar-refractivity contribution in [3.05, 3.63) is 53.1 Å². The molecule has 0 radical (unpaired) electrons. The van der Waals surface area contributed by atoms with Crippen molar-refractivity contribution in [1.29, 1.82) is 0 Å². The van der Waals surface area contributed by atoms with Crippen molar-refractivity contribution in [1.82, 2.24) is 10.2 Å². The molecule has 2 atom stereocenters. The number of nitrogens with one attached hydrogen (secondary N) is 1. The van der Waals surface area contributed by atoms with Crippen molar-refractivity contribution in [3.8, 4) is 11.5 Å². The van der Waals surface area contributed by atoms with Crippen molar-refractivity contribution in [2.24, 2.45) is 0 Å². The number of likely N-dealkylation sites (N-methyl/N-ethyl adjacent to an activating group) is 1. The van der Waals surface area contributed by atoms with Crippen molar-refractivity contribution in [2.45, 2.75) is 36.7 Å². The van der Waals surface area contributed by atoms with E-state index in [0.29, 0.717) is 22.6 Å². The van der Waals surface area contributed by atoms with Crippen LogP contribution in [-0.4, -0.2) is 50.3 Å². The Morgan fingerprint density at radius 1 is 1.10 bits per heavy atom. The number of amides is 2. The zero-order valence-electron chi connectivity index (χ0n) is 18.2. The van der Waals surface area contributed by atoms with Crippen LogP contribution >= 0.6 is 11.8 Å². The third kappa shape index (κ3) is 3.99. The summed E-state index contributed by atoms with van der Waals surface area (Å²) in [6.07, 6.45) is 2.01. The summed E-state index contributed by atoms with van der Waals surface area (Å²) in [6, 6.07) is 11.0. The molecular weight excluding hydrogens is 400 g/mol. The predicted molar refractivity (Wildman–Crippen MR) is 119 cm³/mol. The summed E-state index contributed by atoms with van der Waals surface area (Å²) in [6.45, 7) is 3.85. The van der Waals surface area contributed by atoms with Gasteiger partial charge in [0, 0.05) is 23.5 Å². The van der Waals surface area contributed by atoms with Gasteiger partial charge in [0.1, 0.15) is 0 Å². The molecule has 2 amide bonds. The first-order valence-corrected chi connectivity index (χ1v) is 11.0. The largest absolute Gasteiger partial charge is 0.493 e. The number of methoxy groups -OCH3 is 2. The highest BCUT2D eigenvalue weighted by atomic mass is 32.2. The van der Waals surface area contributed by atoms with Gasteiger partial charge in [0.25, 0.3) is 5.91 Å². The Morgan fingerprint density at radius 3 is 2.23 bits per heavy atom. The summed E-state index contributed by atoms with van der Waals surface area (Å²) in [5, 5.41) is 3.02. The molecule has 0 fully saturated rings. The molecule has 6 nitrogen and oxygen atoms in total. The number of hydrogen-bond acceptors (Lipinski definition) is 5. The number of carbonyl (C=O) groups excluding carboxylic acids is 2. The van der Waals surface area contributed by atoms with Gasteiger partial charge in [-0.25, -0.2) is 0 Å². The lowest BCUT2D eigenvalue weighted by Crippen LogP contribution is -2.46. The molecular formula is C23H28N2O4S. The summed E-state index contributed by atoms with van der Waals surface area (Å²) < 4.78 is 10.8. The van der Waals surface area contributed by atoms with Gasteiger partial charge in [-0.15, -0.1) is 11.8 Å². The summed E-state index contributed by atoms with van der Waals surface area (Å²) in [5.41, 5.74) is 2.01. The zero-order valence-corrected chi connectivity index (χ0v) is 19.0. The first-order valence-electron chi connectivity index (χ1n) is 9.79. The van der Waals surface area contributed by atoms with E-state index in [4.69, 9.17) is 9.47 Å². The Morgan fingerprint density at radius 2 is 1.70 bits per heavy atom. The van der Waals surface area contributed by atoms with Crippen LogP contribution in [0.2, 0.25) is 0 Å². The fourth-order valence-corrected chi connectivity index (χ4v) is 4.33. The topological polar surface area (TPSA) is 67.9 Å². The highest BCUT2D eigenvalue weighted by Gasteiger charge is 2.43. The Bertz CT molecular complexity index is 943. The number of nitrogens with zero attached hydrogens (tertiary/aromatic N) is 1. The van der Waals surface area contributed by atoms with Crippen LogP contribution < -0.4 is 14.8 Å². The monoisotopic (exact) mass is 428 g/mol. The van der Waals surface area contributed by atoms with Crippen LogP contribution in [0.4, 0.5) is 0 Å². The Hall–Kier alpha value is -2.67. The average molecular weight is 429 g/mol. The first kappa shape index (κ1) is 22.0. The fourth-order valence-electron chi connectivity index (χ4n) is 3.92. The fraction of sp³-hybridized carbons (Fsp3) is 0.391. The minimum absolute atomic E-state index is 0.0245. The molecule has 0 spiro atoms. The van der Waals surface area contributed by atoms with E-state index in [1.165, 1.54) is 7.11 Å². The van der Waals surface area contributed by atoms with Gasteiger partial charge in [-0.05, 0) is 55.5 Å². The minimum Gasteiger partial charge on any atom is -0.493 e. The Kier molecular flexibility index (Phi) is 6.61. The van der Waals surface area contributed by atoms with Crippen molar-refractivity contribution in [3.63, 3.8) is 0 Å². The maximum Gasteiger partial charge on any atom is 0.254 e. The van der Waals surface area contributed by atoms with Crippen LogP contribution in [-0.2, 0) is 4.79 Å². The van der Waals surface area contributed by atoms with Crippen molar-refractivity contribution in [2.75, 3.05) is 27.5 Å². The predicted octanol–water partition coefficient (Wildman–Crippen LogP) is 3.86. The quantitative estimate of drug-likeness (QED) is 0.708. The van der Waals surface area contributed by atoms with E-state index in [2.05, 4.69) is 5.32 Å². The molecule has 0 saturated heterocycles. The molecule has 1 N–H and O–H groups in total. The van der Waals surface area contributed by atoms with Gasteiger partial charge in [0.2, 0.25) is 5.91 Å². The molecule has 2 aromatic carbocycles. The Balaban J connectivity index is 2.21. The highest BCUT2D eigenvalue weighted by Crippen LogP contribution is 2.45. The molecule has 0 bridgehead atoms. The smallest absolute Gasteiger partial charge is 0.254 e. The van der Waals surface area contributed by atoms with Crippen LogP contribution in [0.25, 0.3) is 0 Å². The average Bonchev–Trinajstić information content (AvgIpc) is 2.74. The maximum atomic E-state index is 13.4. The number of ether oxygens (including phenoxy) is 2. The standard InChI is InChI=1S/C23H28N2O4S/c1-13(2)24-22(26)20-16-11-18(28-4)19(29-5)12-17(16)23(27)25(3)21(20)14-7-9-15(30-6)10-8-14/h7-13,20-21H,1-6H3,(H,24,26)/t20-,21+/m1/s1. The molecule has 0 aliphatic carbocycles. The summed E-state index contributed by atoms with van der Waals surface area (Å²) in [5.74, 6) is 0.0940. The minimum atomic E-state index is -0.579. The number of fused-ring (bicyclic) bond motifs is 1. The third-order valence-corrected chi connectivity index (χ3v) is 6.09. The van der Waals surface area contributed by atoms with Crippen LogP contribution in [0, 0.1) is 0 Å². The molecule has 2 aromatic rings. The SMILES string of the molecule is COc1cc2c(cc1OC)[C@@H](C(=O)NC(C)C)[C@H](c1ccc(SC)cc1)N(C)C2=O. The number of hydrogen-bond donors (Lipinski definition) is 1. The molecule has 0 aromatic heterocycles. The molecule has 1 aliphatic rings. The normalized spacial score (nSPS) is 18.2. The molecule has 0 unspecified atom stereocenters. The summed E-state index contributed by atoms with van der Waals surface area (Å²) in [7, 11) is 4.81. The van der Waals surface area contributed by atoms with Gasteiger partial charge in [-0.3, -0.25) is 9.59 Å². The second-order valence-corrected chi connectivity index (χ2v) is 8.45. The number of rotatable bonds is 6. The van der Waals surface area contributed by atoms with Crippen LogP contribution in [0.15, 0.2) is 41.3 Å². The van der Waals surface area contributed by atoms with E-state index in [0.717, 1.165) is 10.5 Å². The molecule has 3 rings (SSSR count). The molecule has 1 aliphatic heterocycles. The second-order valence-electron chi connectivity index (χ2n) is 7.57. The second kappa shape index (κ2) is 9.00. The summed E-state index contributed by atoms with van der Waals surface area (Å²) in [4.78, 5) is 29.4. The van der Waals surface area contributed by atoms with E-state index in [1.807, 2.05) is 44.4 Å². The van der Waals surface area contributed by atoms with E-state index in [9.17, 15) is 9.59 Å². The van der Waals surface area contributed by atoms with E-state index in [1.54, 1.807) is 43.0 Å².